The predicted octanol–water partition coefficient (Wildman–Crippen LogP) is 4.02. The highest BCUT2D eigenvalue weighted by Gasteiger charge is 2.14. The molecule has 0 bridgehead atoms. The normalized spacial score (nSPS) is 12.2. The molecular formula is C19H14N2O3S. The van der Waals surface area contributed by atoms with Gasteiger partial charge in [-0.1, -0.05) is 36.4 Å². The summed E-state index contributed by atoms with van der Waals surface area (Å²) in [5.74, 6) is 0.482. The highest BCUT2D eigenvalue weighted by atomic mass is 32.1. The number of anilines is 1. The fraction of sp³-hybridized carbons (Fsp3) is 0.0526. The van der Waals surface area contributed by atoms with Crippen LogP contribution in [0.15, 0.2) is 74.7 Å². The van der Waals surface area contributed by atoms with E-state index in [0.29, 0.717) is 28.1 Å². The largest absolute Gasteiger partial charge is 0.454 e. The molecule has 25 heavy (non-hydrogen) atoms. The fourth-order valence-electron chi connectivity index (χ4n) is 2.61. The first kappa shape index (κ1) is 15.6. The van der Waals surface area contributed by atoms with Gasteiger partial charge in [-0.25, -0.2) is 4.98 Å². The number of thiazole rings is 1. The summed E-state index contributed by atoms with van der Waals surface area (Å²) in [5.41, 5.74) is 3.79. The Balaban J connectivity index is 1.82. The number of aliphatic hydroxyl groups excluding tert-OH is 1. The van der Waals surface area contributed by atoms with Crippen LogP contribution in [0.1, 0.15) is 11.9 Å². The Hall–Kier alpha value is -2.96. The maximum Gasteiger partial charge on any atom is 0.193 e. The van der Waals surface area contributed by atoms with Crippen LogP contribution in [0.5, 0.6) is 0 Å². The molecule has 2 heterocycles. The molecule has 0 fully saturated rings. The van der Waals surface area contributed by atoms with Crippen LogP contribution in [0.2, 0.25) is 0 Å². The maximum atomic E-state index is 12.5. The van der Waals surface area contributed by atoms with Crippen molar-refractivity contribution in [2.24, 2.45) is 0 Å². The number of nitrogens with zero attached hydrogens (tertiary/aromatic N) is 1. The first-order valence-corrected chi connectivity index (χ1v) is 8.61. The van der Waals surface area contributed by atoms with Gasteiger partial charge >= 0.3 is 0 Å². The molecule has 6 heteroatoms. The van der Waals surface area contributed by atoms with Crippen molar-refractivity contribution < 1.29 is 9.52 Å². The first-order chi connectivity index (χ1) is 12.2. The average Bonchev–Trinajstić information content (AvgIpc) is 3.18. The van der Waals surface area contributed by atoms with Crippen LogP contribution < -0.4 is 10.7 Å². The molecular weight excluding hydrogens is 336 g/mol. The number of aromatic nitrogens is 1. The van der Waals surface area contributed by atoms with Crippen molar-refractivity contribution in [1.82, 2.24) is 4.98 Å². The number of hydrogen-bond acceptors (Lipinski definition) is 6. The fourth-order valence-corrected chi connectivity index (χ4v) is 3.19. The second kappa shape index (κ2) is 6.51. The highest BCUT2D eigenvalue weighted by molar-refractivity contribution is 7.07. The van der Waals surface area contributed by atoms with Crippen molar-refractivity contribution >= 4 is 28.0 Å². The van der Waals surface area contributed by atoms with Gasteiger partial charge < -0.3 is 14.8 Å². The zero-order chi connectivity index (χ0) is 17.2. The Bertz CT molecular complexity index is 1060. The van der Waals surface area contributed by atoms with E-state index in [-0.39, 0.29) is 5.43 Å². The number of benzene rings is 2. The van der Waals surface area contributed by atoms with Gasteiger partial charge in [0.05, 0.1) is 16.6 Å². The second-order valence-electron chi connectivity index (χ2n) is 5.48. The van der Waals surface area contributed by atoms with E-state index < -0.39 is 6.23 Å². The molecule has 0 saturated heterocycles. The molecule has 0 spiro atoms. The van der Waals surface area contributed by atoms with Crippen molar-refractivity contribution in [2.45, 2.75) is 6.23 Å². The van der Waals surface area contributed by atoms with E-state index in [9.17, 15) is 9.90 Å². The topological polar surface area (TPSA) is 75.4 Å². The smallest absolute Gasteiger partial charge is 0.193 e. The van der Waals surface area contributed by atoms with E-state index in [1.54, 1.807) is 29.1 Å². The lowest BCUT2D eigenvalue weighted by atomic mass is 10.1. The summed E-state index contributed by atoms with van der Waals surface area (Å²) in [6.07, 6.45) is -0.984. The van der Waals surface area contributed by atoms with Crippen LogP contribution in [-0.2, 0) is 0 Å². The average molecular weight is 350 g/mol. The molecule has 2 aromatic carbocycles. The molecule has 0 saturated carbocycles. The van der Waals surface area contributed by atoms with Gasteiger partial charge in [0.1, 0.15) is 11.5 Å². The van der Waals surface area contributed by atoms with Gasteiger partial charge in [0.2, 0.25) is 0 Å². The van der Waals surface area contributed by atoms with Crippen LogP contribution in [-0.4, -0.2) is 10.1 Å². The lowest BCUT2D eigenvalue weighted by molar-refractivity contribution is 0.204. The Labute approximate surface area is 147 Å². The van der Waals surface area contributed by atoms with Crippen molar-refractivity contribution in [3.05, 3.63) is 81.4 Å². The third-order valence-electron chi connectivity index (χ3n) is 3.84. The minimum absolute atomic E-state index is 0.132. The minimum atomic E-state index is -0.984. The van der Waals surface area contributed by atoms with Gasteiger partial charge in [-0.15, -0.1) is 11.3 Å². The summed E-state index contributed by atoms with van der Waals surface area (Å²) in [5, 5.41) is 15.5. The Kier molecular flexibility index (Phi) is 4.05. The number of nitrogens with one attached hydrogen (secondary N) is 1. The molecule has 1 unspecified atom stereocenters. The molecule has 4 aromatic rings. The Morgan fingerprint density at radius 1 is 1.12 bits per heavy atom. The van der Waals surface area contributed by atoms with Crippen LogP contribution >= 0.6 is 11.3 Å². The van der Waals surface area contributed by atoms with E-state index in [4.69, 9.17) is 4.42 Å². The molecule has 0 aliphatic carbocycles. The van der Waals surface area contributed by atoms with E-state index in [0.717, 1.165) is 5.56 Å². The van der Waals surface area contributed by atoms with Crippen molar-refractivity contribution in [3.8, 4) is 11.3 Å². The van der Waals surface area contributed by atoms with Crippen molar-refractivity contribution in [2.75, 3.05) is 5.32 Å². The Morgan fingerprint density at radius 2 is 1.96 bits per heavy atom. The van der Waals surface area contributed by atoms with Gasteiger partial charge in [0.25, 0.3) is 0 Å². The summed E-state index contributed by atoms with van der Waals surface area (Å²) in [7, 11) is 0. The number of hydrogen-bond donors (Lipinski definition) is 2. The molecule has 0 radical (unpaired) electrons. The molecule has 0 amide bonds. The zero-order valence-electron chi connectivity index (χ0n) is 13.0. The van der Waals surface area contributed by atoms with Gasteiger partial charge in [-0.05, 0) is 12.1 Å². The second-order valence-corrected chi connectivity index (χ2v) is 6.20. The minimum Gasteiger partial charge on any atom is -0.454 e. The summed E-state index contributed by atoms with van der Waals surface area (Å²) in [6.45, 7) is 0. The third kappa shape index (κ3) is 3.05. The zero-order valence-corrected chi connectivity index (χ0v) is 13.9. The third-order valence-corrected chi connectivity index (χ3v) is 4.44. The van der Waals surface area contributed by atoms with Gasteiger partial charge in [-0.3, -0.25) is 4.79 Å². The SMILES string of the molecule is O=c1cc(-c2ccccc2)oc2c(NC(O)c3cscn3)cccc12. The lowest BCUT2D eigenvalue weighted by Crippen LogP contribution is -2.11. The van der Waals surface area contributed by atoms with Crippen LogP contribution in [0.4, 0.5) is 5.69 Å². The molecule has 5 nitrogen and oxygen atoms in total. The van der Waals surface area contributed by atoms with Gasteiger partial charge in [0, 0.05) is 17.0 Å². The Morgan fingerprint density at radius 3 is 2.72 bits per heavy atom. The van der Waals surface area contributed by atoms with Crippen LogP contribution in [0, 0.1) is 0 Å². The maximum absolute atomic E-state index is 12.5. The molecule has 124 valence electrons. The molecule has 1 atom stereocenters. The van der Waals surface area contributed by atoms with Gasteiger partial charge in [0.15, 0.2) is 17.2 Å². The quantitative estimate of drug-likeness (QED) is 0.544. The van der Waals surface area contributed by atoms with E-state index in [1.807, 2.05) is 30.3 Å². The molecule has 0 aliphatic rings. The first-order valence-electron chi connectivity index (χ1n) is 7.67. The lowest BCUT2D eigenvalue weighted by Gasteiger charge is -2.14. The van der Waals surface area contributed by atoms with E-state index >= 15 is 0 Å². The highest BCUT2D eigenvalue weighted by Crippen LogP contribution is 2.28. The number of para-hydroxylation sites is 1. The summed E-state index contributed by atoms with van der Waals surface area (Å²) >= 11 is 1.40. The van der Waals surface area contributed by atoms with Crippen LogP contribution in [0.25, 0.3) is 22.3 Å². The predicted molar refractivity (Wildman–Crippen MR) is 98.6 cm³/mol. The number of aliphatic hydroxyl groups is 1. The molecule has 4 rings (SSSR count). The number of fused-ring (bicyclic) bond motifs is 1. The van der Waals surface area contributed by atoms with E-state index in [2.05, 4.69) is 10.3 Å². The number of rotatable bonds is 4. The molecule has 2 N–H and O–H groups in total. The molecule has 2 aromatic heterocycles. The standard InChI is InChI=1S/C19H14N2O3S/c22-16-9-17(12-5-2-1-3-6-12)24-18-13(16)7-4-8-14(18)21-19(23)15-10-25-11-20-15/h1-11,19,21,23H. The summed E-state index contributed by atoms with van der Waals surface area (Å²) in [6, 6.07) is 16.1. The van der Waals surface area contributed by atoms with Gasteiger partial charge in [-0.2, -0.15) is 0 Å². The van der Waals surface area contributed by atoms with E-state index in [1.165, 1.54) is 17.4 Å². The van der Waals surface area contributed by atoms with Crippen LogP contribution in [0.3, 0.4) is 0 Å². The summed E-state index contributed by atoms with van der Waals surface area (Å²) in [4.78, 5) is 16.6. The van der Waals surface area contributed by atoms with Crippen molar-refractivity contribution in [3.63, 3.8) is 0 Å². The molecule has 0 aliphatic heterocycles. The monoisotopic (exact) mass is 350 g/mol. The van der Waals surface area contributed by atoms with Crippen molar-refractivity contribution in [1.29, 1.82) is 0 Å². The summed E-state index contributed by atoms with van der Waals surface area (Å²) < 4.78 is 5.99.